The molecule has 1 aromatic rings. The van der Waals surface area contributed by atoms with Gasteiger partial charge in [-0.1, -0.05) is 25.9 Å². The highest BCUT2D eigenvalue weighted by molar-refractivity contribution is 5.97. The summed E-state index contributed by atoms with van der Waals surface area (Å²) < 4.78 is 5.58. The highest BCUT2D eigenvalue weighted by Gasteiger charge is 2.08. The molecule has 1 rings (SSSR count). The fraction of sp³-hybridized carbons (Fsp3) is 0.500. The molecular formula is C14H23N3O2. The average Bonchev–Trinajstić information content (AvgIpc) is 2.37. The lowest BCUT2D eigenvalue weighted by Crippen LogP contribution is -2.30. The second-order valence-electron chi connectivity index (χ2n) is 5.60. The van der Waals surface area contributed by atoms with E-state index in [2.05, 4.69) is 31.2 Å². The minimum absolute atomic E-state index is 0.0957. The van der Waals surface area contributed by atoms with E-state index in [1.807, 2.05) is 0 Å². The molecule has 0 aromatic heterocycles. The molecule has 1 aromatic carbocycles. The van der Waals surface area contributed by atoms with Crippen molar-refractivity contribution in [3.05, 3.63) is 29.8 Å². The monoisotopic (exact) mass is 265 g/mol. The number of nitrogens with two attached hydrogens (primary N) is 1. The summed E-state index contributed by atoms with van der Waals surface area (Å²) in [5, 5.41) is 14.8. The number of ether oxygens (including phenoxy) is 1. The number of benzene rings is 1. The molecular weight excluding hydrogens is 242 g/mol. The van der Waals surface area contributed by atoms with Crippen molar-refractivity contribution in [2.45, 2.75) is 20.8 Å². The first-order valence-corrected chi connectivity index (χ1v) is 6.34. The molecule has 0 aliphatic heterocycles. The van der Waals surface area contributed by atoms with E-state index in [9.17, 15) is 0 Å². The minimum atomic E-state index is 0.0957. The lowest BCUT2D eigenvalue weighted by molar-refractivity contribution is 0.297. The molecule has 0 radical (unpaired) electrons. The number of oxime groups is 1. The molecule has 0 aliphatic carbocycles. The van der Waals surface area contributed by atoms with Crippen LogP contribution in [0.3, 0.4) is 0 Å². The van der Waals surface area contributed by atoms with E-state index < -0.39 is 0 Å². The predicted octanol–water partition coefficient (Wildman–Crippen LogP) is 1.80. The number of amidine groups is 1. The number of rotatable bonds is 6. The van der Waals surface area contributed by atoms with Gasteiger partial charge in [-0.3, -0.25) is 0 Å². The number of hydrogen-bond donors (Lipinski definition) is 3. The lowest BCUT2D eigenvalue weighted by atomic mass is 9.97. The van der Waals surface area contributed by atoms with Crippen LogP contribution in [-0.2, 0) is 0 Å². The van der Waals surface area contributed by atoms with E-state index in [1.54, 1.807) is 24.3 Å². The zero-order valence-corrected chi connectivity index (χ0v) is 11.8. The molecule has 0 amide bonds. The molecule has 0 spiro atoms. The quantitative estimate of drug-likeness (QED) is 0.241. The Labute approximate surface area is 114 Å². The van der Waals surface area contributed by atoms with Gasteiger partial charge in [0.2, 0.25) is 0 Å². The number of nitrogens with zero attached hydrogens (tertiary/aromatic N) is 1. The Bertz CT molecular complexity index is 408. The molecule has 0 saturated carbocycles. The maximum atomic E-state index is 8.55. The van der Waals surface area contributed by atoms with Gasteiger partial charge in [0.1, 0.15) is 12.4 Å². The van der Waals surface area contributed by atoms with Crippen LogP contribution in [-0.4, -0.2) is 30.7 Å². The van der Waals surface area contributed by atoms with E-state index >= 15 is 0 Å². The summed E-state index contributed by atoms with van der Waals surface area (Å²) in [6.45, 7) is 8.93. The van der Waals surface area contributed by atoms with Crippen molar-refractivity contribution in [1.82, 2.24) is 5.32 Å². The molecule has 0 unspecified atom stereocenters. The Morgan fingerprint density at radius 2 is 1.95 bits per heavy atom. The van der Waals surface area contributed by atoms with Gasteiger partial charge < -0.3 is 21.0 Å². The third-order valence-electron chi connectivity index (χ3n) is 2.46. The first-order valence-electron chi connectivity index (χ1n) is 6.34. The van der Waals surface area contributed by atoms with Crippen LogP contribution in [0.2, 0.25) is 0 Å². The van der Waals surface area contributed by atoms with Crippen LogP contribution in [0.25, 0.3) is 0 Å². The number of hydrogen-bond acceptors (Lipinski definition) is 4. The van der Waals surface area contributed by atoms with Gasteiger partial charge >= 0.3 is 0 Å². The van der Waals surface area contributed by atoms with Gasteiger partial charge in [0.05, 0.1) is 0 Å². The molecule has 0 bridgehead atoms. The summed E-state index contributed by atoms with van der Waals surface area (Å²) in [5.74, 6) is 0.866. The Morgan fingerprint density at radius 3 is 2.47 bits per heavy atom. The first kappa shape index (κ1) is 15.3. The largest absolute Gasteiger partial charge is 0.492 e. The van der Waals surface area contributed by atoms with Crippen LogP contribution < -0.4 is 15.8 Å². The molecule has 0 atom stereocenters. The molecule has 106 valence electrons. The molecule has 0 aliphatic rings. The second kappa shape index (κ2) is 6.99. The lowest BCUT2D eigenvalue weighted by Gasteiger charge is -2.18. The maximum absolute atomic E-state index is 8.55. The Hall–Kier alpha value is -1.75. The van der Waals surface area contributed by atoms with Crippen LogP contribution in [0.1, 0.15) is 26.3 Å². The first-order chi connectivity index (χ1) is 8.92. The summed E-state index contributed by atoms with van der Waals surface area (Å²) in [4.78, 5) is 0. The van der Waals surface area contributed by atoms with Crippen molar-refractivity contribution >= 4 is 5.84 Å². The second-order valence-corrected chi connectivity index (χ2v) is 5.60. The van der Waals surface area contributed by atoms with Crippen molar-refractivity contribution in [1.29, 1.82) is 0 Å². The SMILES string of the molecule is CC(C)(C)CNCCOc1ccc(C(N)=NO)cc1. The smallest absolute Gasteiger partial charge is 0.170 e. The predicted molar refractivity (Wildman–Crippen MR) is 76.8 cm³/mol. The van der Waals surface area contributed by atoms with Gasteiger partial charge in [0.15, 0.2) is 5.84 Å². The van der Waals surface area contributed by atoms with Crippen LogP contribution in [0.15, 0.2) is 29.4 Å². The minimum Gasteiger partial charge on any atom is -0.492 e. The average molecular weight is 265 g/mol. The maximum Gasteiger partial charge on any atom is 0.170 e. The van der Waals surface area contributed by atoms with Gasteiger partial charge in [-0.05, 0) is 29.7 Å². The molecule has 5 heteroatoms. The summed E-state index contributed by atoms with van der Waals surface area (Å²) in [6, 6.07) is 7.12. The molecule has 19 heavy (non-hydrogen) atoms. The van der Waals surface area contributed by atoms with E-state index in [0.717, 1.165) is 18.8 Å². The number of nitrogens with one attached hydrogen (secondary N) is 1. The molecule has 0 heterocycles. The summed E-state index contributed by atoms with van der Waals surface area (Å²) in [5.41, 5.74) is 6.42. The van der Waals surface area contributed by atoms with Crippen molar-refractivity contribution in [2.24, 2.45) is 16.3 Å². The highest BCUT2D eigenvalue weighted by atomic mass is 16.5. The molecule has 5 nitrogen and oxygen atoms in total. The normalized spacial score (nSPS) is 12.5. The van der Waals surface area contributed by atoms with Crippen molar-refractivity contribution in [2.75, 3.05) is 19.7 Å². The van der Waals surface area contributed by atoms with Crippen LogP contribution >= 0.6 is 0 Å². The summed E-state index contributed by atoms with van der Waals surface area (Å²) >= 11 is 0. The van der Waals surface area contributed by atoms with E-state index in [-0.39, 0.29) is 11.3 Å². The van der Waals surface area contributed by atoms with Gasteiger partial charge in [0, 0.05) is 18.7 Å². The Balaban J connectivity index is 2.31. The van der Waals surface area contributed by atoms with Crippen LogP contribution in [0.5, 0.6) is 5.75 Å². The van der Waals surface area contributed by atoms with Crippen molar-refractivity contribution in [3.63, 3.8) is 0 Å². The molecule has 4 N–H and O–H groups in total. The summed E-state index contributed by atoms with van der Waals surface area (Å²) in [7, 11) is 0. The third kappa shape index (κ3) is 6.10. The van der Waals surface area contributed by atoms with Crippen molar-refractivity contribution in [3.8, 4) is 5.75 Å². The molecule has 0 fully saturated rings. The van der Waals surface area contributed by atoms with Crippen LogP contribution in [0.4, 0.5) is 0 Å². The van der Waals surface area contributed by atoms with Crippen LogP contribution in [0, 0.1) is 5.41 Å². The van der Waals surface area contributed by atoms with Crippen molar-refractivity contribution < 1.29 is 9.94 Å². The van der Waals surface area contributed by atoms with Gasteiger partial charge in [-0.15, -0.1) is 0 Å². The Kier molecular flexibility index (Phi) is 5.63. The fourth-order valence-corrected chi connectivity index (χ4v) is 1.48. The van der Waals surface area contributed by atoms with Gasteiger partial charge in [-0.25, -0.2) is 0 Å². The highest BCUT2D eigenvalue weighted by Crippen LogP contribution is 2.12. The zero-order valence-electron chi connectivity index (χ0n) is 11.8. The third-order valence-corrected chi connectivity index (χ3v) is 2.46. The standard InChI is InChI=1S/C14H23N3O2/c1-14(2,3)10-16-8-9-19-12-6-4-11(5-7-12)13(15)17-18/h4-7,16,18H,8-10H2,1-3H3,(H2,15,17). The van der Waals surface area contributed by atoms with Gasteiger partial charge in [-0.2, -0.15) is 0 Å². The molecule has 0 saturated heterocycles. The summed E-state index contributed by atoms with van der Waals surface area (Å²) in [6.07, 6.45) is 0. The Morgan fingerprint density at radius 1 is 1.32 bits per heavy atom. The topological polar surface area (TPSA) is 79.9 Å². The van der Waals surface area contributed by atoms with E-state index in [0.29, 0.717) is 12.2 Å². The van der Waals surface area contributed by atoms with E-state index in [4.69, 9.17) is 15.7 Å². The van der Waals surface area contributed by atoms with Gasteiger partial charge in [0.25, 0.3) is 0 Å². The van der Waals surface area contributed by atoms with E-state index in [1.165, 1.54) is 0 Å². The fourth-order valence-electron chi connectivity index (χ4n) is 1.48. The zero-order chi connectivity index (χ0) is 14.3.